The van der Waals surface area contributed by atoms with Crippen LogP contribution in [0, 0.1) is 6.92 Å². The molecular formula is C12H10BrClN2O2S. The van der Waals surface area contributed by atoms with E-state index in [-0.39, 0.29) is 10.7 Å². The first-order chi connectivity index (χ1) is 8.88. The van der Waals surface area contributed by atoms with Crippen LogP contribution < -0.4 is 4.72 Å². The Balaban J connectivity index is 2.30. The van der Waals surface area contributed by atoms with E-state index in [0.717, 1.165) is 10.0 Å². The minimum Gasteiger partial charge on any atom is -0.263 e. The highest BCUT2D eigenvalue weighted by Crippen LogP contribution is 2.20. The monoisotopic (exact) mass is 360 g/mol. The van der Waals surface area contributed by atoms with E-state index in [9.17, 15) is 8.42 Å². The molecule has 0 unspecified atom stereocenters. The molecule has 0 saturated carbocycles. The van der Waals surface area contributed by atoms with Crippen molar-refractivity contribution in [2.75, 3.05) is 4.72 Å². The van der Waals surface area contributed by atoms with Crippen LogP contribution in [0.1, 0.15) is 5.56 Å². The highest BCUT2D eigenvalue weighted by Gasteiger charge is 2.14. The van der Waals surface area contributed by atoms with Gasteiger partial charge in [-0.2, -0.15) is 0 Å². The lowest BCUT2D eigenvalue weighted by Gasteiger charge is -2.08. The molecule has 0 amide bonds. The topological polar surface area (TPSA) is 59.1 Å². The van der Waals surface area contributed by atoms with Gasteiger partial charge in [-0.05, 0) is 58.7 Å². The number of nitrogens with zero attached hydrogens (tertiary/aromatic N) is 1. The quantitative estimate of drug-likeness (QED) is 0.908. The molecule has 7 heteroatoms. The maximum absolute atomic E-state index is 12.1. The van der Waals surface area contributed by atoms with Gasteiger partial charge < -0.3 is 0 Å². The van der Waals surface area contributed by atoms with Gasteiger partial charge in [-0.25, -0.2) is 13.4 Å². The maximum Gasteiger partial charge on any atom is 0.263 e. The van der Waals surface area contributed by atoms with E-state index in [0.29, 0.717) is 5.02 Å². The average Bonchev–Trinajstić information content (AvgIpc) is 2.34. The van der Waals surface area contributed by atoms with Gasteiger partial charge in [-0.1, -0.05) is 11.6 Å². The summed E-state index contributed by atoms with van der Waals surface area (Å²) in [6.45, 7) is 1.85. The summed E-state index contributed by atoms with van der Waals surface area (Å²) in [4.78, 5) is 4.14. The molecule has 1 N–H and O–H groups in total. The second-order valence-corrected chi connectivity index (χ2v) is 6.85. The Kier molecular flexibility index (Phi) is 4.13. The van der Waals surface area contributed by atoms with Crippen molar-refractivity contribution in [3.05, 3.63) is 51.6 Å². The van der Waals surface area contributed by atoms with Crippen LogP contribution in [0.25, 0.3) is 0 Å². The number of hydrogen-bond acceptors (Lipinski definition) is 3. The smallest absolute Gasteiger partial charge is 0.263 e. The summed E-state index contributed by atoms with van der Waals surface area (Å²) in [5, 5.41) is 0.483. The third-order valence-electron chi connectivity index (χ3n) is 2.41. The van der Waals surface area contributed by atoms with Gasteiger partial charge in [0, 0.05) is 15.7 Å². The van der Waals surface area contributed by atoms with Crippen molar-refractivity contribution >= 4 is 43.4 Å². The van der Waals surface area contributed by atoms with E-state index in [1.807, 2.05) is 6.92 Å². The van der Waals surface area contributed by atoms with E-state index >= 15 is 0 Å². The highest BCUT2D eigenvalue weighted by molar-refractivity contribution is 9.10. The molecule has 0 fully saturated rings. The van der Waals surface area contributed by atoms with Crippen LogP contribution in [0.15, 0.2) is 45.9 Å². The van der Waals surface area contributed by atoms with Crippen LogP contribution in [0.4, 0.5) is 5.82 Å². The molecule has 2 rings (SSSR count). The number of sulfonamides is 1. The number of nitrogens with one attached hydrogen (secondary N) is 1. The molecule has 0 bridgehead atoms. The van der Waals surface area contributed by atoms with Gasteiger partial charge >= 0.3 is 0 Å². The molecule has 1 aromatic heterocycles. The van der Waals surface area contributed by atoms with Gasteiger partial charge in [0.05, 0.1) is 4.90 Å². The van der Waals surface area contributed by atoms with Crippen molar-refractivity contribution in [3.8, 4) is 0 Å². The maximum atomic E-state index is 12.1. The van der Waals surface area contributed by atoms with Crippen molar-refractivity contribution in [1.82, 2.24) is 4.98 Å². The number of aromatic nitrogens is 1. The predicted molar refractivity (Wildman–Crippen MR) is 78.9 cm³/mol. The molecule has 0 atom stereocenters. The number of anilines is 1. The van der Waals surface area contributed by atoms with Crippen molar-refractivity contribution in [1.29, 1.82) is 0 Å². The molecule has 100 valence electrons. The van der Waals surface area contributed by atoms with Crippen molar-refractivity contribution < 1.29 is 8.42 Å². The third-order valence-corrected chi connectivity index (χ3v) is 4.86. The van der Waals surface area contributed by atoms with E-state index in [1.54, 1.807) is 12.3 Å². The number of aryl methyl sites for hydroxylation is 1. The predicted octanol–water partition coefficient (Wildman–Crippen LogP) is 3.61. The number of hydrogen-bond donors (Lipinski definition) is 1. The molecule has 2 aromatic rings. The molecular weight excluding hydrogens is 352 g/mol. The van der Waals surface area contributed by atoms with Gasteiger partial charge in [0.25, 0.3) is 10.0 Å². The minimum absolute atomic E-state index is 0.138. The Morgan fingerprint density at radius 3 is 2.47 bits per heavy atom. The summed E-state index contributed by atoms with van der Waals surface area (Å²) in [6.07, 6.45) is 1.55. The fraction of sp³-hybridized carbons (Fsp3) is 0.0833. The Morgan fingerprint density at radius 2 is 1.89 bits per heavy atom. The van der Waals surface area contributed by atoms with Crippen LogP contribution >= 0.6 is 27.5 Å². The van der Waals surface area contributed by atoms with Crippen molar-refractivity contribution in [2.45, 2.75) is 11.8 Å². The summed E-state index contributed by atoms with van der Waals surface area (Å²) < 4.78 is 27.4. The van der Waals surface area contributed by atoms with E-state index in [2.05, 4.69) is 25.6 Å². The molecule has 1 aromatic carbocycles. The molecule has 1 heterocycles. The van der Waals surface area contributed by atoms with Gasteiger partial charge in [0.15, 0.2) is 0 Å². The molecule has 0 aliphatic rings. The molecule has 0 aliphatic carbocycles. The summed E-state index contributed by atoms with van der Waals surface area (Å²) >= 11 is 9.03. The number of halogens is 2. The Morgan fingerprint density at radius 1 is 1.26 bits per heavy atom. The largest absolute Gasteiger partial charge is 0.263 e. The van der Waals surface area contributed by atoms with Crippen molar-refractivity contribution in [3.63, 3.8) is 0 Å². The van der Waals surface area contributed by atoms with Crippen LogP contribution in [0.2, 0.25) is 5.02 Å². The minimum atomic E-state index is -3.65. The average molecular weight is 362 g/mol. The first-order valence-corrected chi connectivity index (χ1v) is 7.94. The lowest BCUT2D eigenvalue weighted by molar-refractivity contribution is 0.601. The fourth-order valence-corrected chi connectivity index (χ4v) is 2.75. The summed E-state index contributed by atoms with van der Waals surface area (Å²) in [5.74, 6) is 0.274. The lowest BCUT2D eigenvalue weighted by Crippen LogP contribution is -2.13. The molecule has 0 saturated heterocycles. The number of pyridine rings is 1. The third kappa shape index (κ3) is 3.46. The lowest BCUT2D eigenvalue weighted by atomic mass is 10.3. The van der Waals surface area contributed by atoms with E-state index in [4.69, 9.17) is 11.6 Å². The molecule has 4 nitrogen and oxygen atoms in total. The molecule has 0 radical (unpaired) electrons. The zero-order valence-electron chi connectivity index (χ0n) is 9.89. The zero-order valence-corrected chi connectivity index (χ0v) is 13.1. The zero-order chi connectivity index (χ0) is 14.0. The second-order valence-electron chi connectivity index (χ2n) is 3.88. The normalized spacial score (nSPS) is 11.3. The highest BCUT2D eigenvalue weighted by atomic mass is 79.9. The van der Waals surface area contributed by atoms with Gasteiger partial charge in [-0.3, -0.25) is 4.72 Å². The van der Waals surface area contributed by atoms with Crippen LogP contribution in [0.3, 0.4) is 0 Å². The van der Waals surface area contributed by atoms with Gasteiger partial charge in [0.2, 0.25) is 0 Å². The first-order valence-electron chi connectivity index (χ1n) is 5.29. The Bertz CT molecular complexity index is 702. The number of benzene rings is 1. The molecule has 19 heavy (non-hydrogen) atoms. The van der Waals surface area contributed by atoms with Crippen LogP contribution in [0.5, 0.6) is 0 Å². The first kappa shape index (κ1) is 14.3. The SMILES string of the molecule is Cc1cc(NS(=O)(=O)c2ccc(Cl)cc2)ncc1Br. The van der Waals surface area contributed by atoms with E-state index in [1.165, 1.54) is 24.3 Å². The van der Waals surface area contributed by atoms with Crippen LogP contribution in [-0.4, -0.2) is 13.4 Å². The summed E-state index contributed by atoms with van der Waals surface area (Å²) in [7, 11) is -3.65. The van der Waals surface area contributed by atoms with Gasteiger partial charge in [0.1, 0.15) is 5.82 Å². The fourth-order valence-electron chi connectivity index (χ4n) is 1.41. The van der Waals surface area contributed by atoms with Gasteiger partial charge in [-0.15, -0.1) is 0 Å². The standard InChI is InChI=1S/C12H10BrClN2O2S/c1-8-6-12(15-7-11(8)13)16-19(17,18)10-4-2-9(14)3-5-10/h2-7H,1H3,(H,15,16). The molecule has 0 aliphatic heterocycles. The van der Waals surface area contributed by atoms with Crippen LogP contribution in [-0.2, 0) is 10.0 Å². The second kappa shape index (κ2) is 5.48. The number of rotatable bonds is 3. The Labute approximate surface area is 125 Å². The van der Waals surface area contributed by atoms with E-state index < -0.39 is 10.0 Å². The molecule has 0 spiro atoms. The Hall–Kier alpha value is -1.11. The summed E-state index contributed by atoms with van der Waals surface area (Å²) in [5.41, 5.74) is 0.892. The summed E-state index contributed by atoms with van der Waals surface area (Å²) in [6, 6.07) is 7.58. The van der Waals surface area contributed by atoms with Crippen molar-refractivity contribution in [2.24, 2.45) is 0 Å².